The molecule has 8 nitrogen and oxygen atoms in total. The van der Waals surface area contributed by atoms with E-state index in [4.69, 9.17) is 4.74 Å². The summed E-state index contributed by atoms with van der Waals surface area (Å²) < 4.78 is 34.4. The Balaban J connectivity index is 1.56. The van der Waals surface area contributed by atoms with Crippen molar-refractivity contribution in [1.29, 1.82) is 0 Å². The first-order valence-electron chi connectivity index (χ1n) is 12.0. The first-order valence-corrected chi connectivity index (χ1v) is 14.3. The molecule has 1 amide bonds. The van der Waals surface area contributed by atoms with Gasteiger partial charge < -0.3 is 4.74 Å². The summed E-state index contributed by atoms with van der Waals surface area (Å²) in [5.41, 5.74) is 2.50. The van der Waals surface area contributed by atoms with Crippen LogP contribution in [-0.4, -0.2) is 37.7 Å². The van der Waals surface area contributed by atoms with Crippen molar-refractivity contribution in [2.24, 2.45) is 0 Å². The zero-order valence-corrected chi connectivity index (χ0v) is 23.3. The summed E-state index contributed by atoms with van der Waals surface area (Å²) in [6.45, 7) is 6.17. The Morgan fingerprint density at radius 2 is 1.68 bits per heavy atom. The molecule has 0 bridgehead atoms. The number of carbonyl (C=O) groups is 1. The SMILES string of the molecule is COc1cccc(-c2nnc(NC(=O)[C@@H](Cc3ccccc3)NS(=O)(=O)c3ccc(C(C)(C)C)cc3)s2)c1. The summed E-state index contributed by atoms with van der Waals surface area (Å²) in [6.07, 6.45) is 0.160. The Bertz CT molecular complexity index is 1500. The molecule has 1 heterocycles. The average Bonchev–Trinajstić information content (AvgIpc) is 3.37. The van der Waals surface area contributed by atoms with Crippen LogP contribution >= 0.6 is 11.3 Å². The van der Waals surface area contributed by atoms with Gasteiger partial charge in [0.25, 0.3) is 0 Å². The van der Waals surface area contributed by atoms with E-state index in [2.05, 4.69) is 41.0 Å². The number of methoxy groups -OCH3 is 1. The Hall–Kier alpha value is -3.60. The highest BCUT2D eigenvalue weighted by atomic mass is 32.2. The third kappa shape index (κ3) is 6.83. The molecule has 1 atom stereocenters. The second-order valence-corrected chi connectivity index (χ2v) is 12.5. The van der Waals surface area contributed by atoms with Crippen LogP contribution in [0.2, 0.25) is 0 Å². The Kier molecular flexibility index (Phi) is 8.25. The topological polar surface area (TPSA) is 110 Å². The number of hydrogen-bond donors (Lipinski definition) is 2. The highest BCUT2D eigenvalue weighted by Gasteiger charge is 2.27. The van der Waals surface area contributed by atoms with Crippen molar-refractivity contribution >= 4 is 32.4 Å². The van der Waals surface area contributed by atoms with Crippen molar-refractivity contribution in [3.63, 3.8) is 0 Å². The fourth-order valence-electron chi connectivity index (χ4n) is 3.77. The second kappa shape index (κ2) is 11.4. The molecule has 0 spiro atoms. The van der Waals surface area contributed by atoms with Crippen LogP contribution in [0.4, 0.5) is 5.13 Å². The van der Waals surface area contributed by atoms with Crippen molar-refractivity contribution in [2.45, 2.75) is 43.5 Å². The van der Waals surface area contributed by atoms with Crippen molar-refractivity contribution in [3.8, 4) is 16.3 Å². The Morgan fingerprint density at radius 1 is 0.974 bits per heavy atom. The average molecular weight is 551 g/mol. The molecule has 0 radical (unpaired) electrons. The quantitative estimate of drug-likeness (QED) is 0.302. The van der Waals surface area contributed by atoms with Gasteiger partial charge in [-0.25, -0.2) is 8.42 Å². The molecule has 4 aromatic rings. The lowest BCUT2D eigenvalue weighted by molar-refractivity contribution is -0.117. The van der Waals surface area contributed by atoms with Crippen molar-refractivity contribution in [1.82, 2.24) is 14.9 Å². The van der Waals surface area contributed by atoms with Gasteiger partial charge in [-0.2, -0.15) is 4.72 Å². The molecule has 0 saturated carbocycles. The van der Waals surface area contributed by atoms with E-state index >= 15 is 0 Å². The molecule has 0 fully saturated rings. The van der Waals surface area contributed by atoms with Gasteiger partial charge >= 0.3 is 0 Å². The molecule has 3 aromatic carbocycles. The molecule has 2 N–H and O–H groups in total. The van der Waals surface area contributed by atoms with E-state index in [0.29, 0.717) is 10.8 Å². The van der Waals surface area contributed by atoms with Crippen LogP contribution in [0, 0.1) is 0 Å². The molecule has 198 valence electrons. The van der Waals surface area contributed by atoms with E-state index in [0.717, 1.165) is 16.7 Å². The fourth-order valence-corrected chi connectivity index (χ4v) is 5.70. The van der Waals surface area contributed by atoms with E-state index in [-0.39, 0.29) is 21.9 Å². The smallest absolute Gasteiger partial charge is 0.244 e. The monoisotopic (exact) mass is 550 g/mol. The number of hydrogen-bond acceptors (Lipinski definition) is 7. The molecule has 0 aliphatic carbocycles. The summed E-state index contributed by atoms with van der Waals surface area (Å²) in [5.74, 6) is 0.147. The van der Waals surface area contributed by atoms with Crippen LogP contribution < -0.4 is 14.8 Å². The zero-order chi connectivity index (χ0) is 27.3. The third-order valence-electron chi connectivity index (χ3n) is 5.90. The van der Waals surface area contributed by atoms with E-state index in [1.165, 1.54) is 11.3 Å². The number of aromatic nitrogens is 2. The van der Waals surface area contributed by atoms with E-state index in [1.54, 1.807) is 31.4 Å². The van der Waals surface area contributed by atoms with Gasteiger partial charge in [0.15, 0.2) is 0 Å². The maximum absolute atomic E-state index is 13.3. The van der Waals surface area contributed by atoms with Crippen LogP contribution in [0.1, 0.15) is 31.9 Å². The fraction of sp³-hybridized carbons (Fsp3) is 0.250. The van der Waals surface area contributed by atoms with E-state index in [9.17, 15) is 13.2 Å². The highest BCUT2D eigenvalue weighted by molar-refractivity contribution is 7.89. The molecule has 10 heteroatoms. The van der Waals surface area contributed by atoms with Crippen LogP contribution in [0.25, 0.3) is 10.6 Å². The number of amides is 1. The van der Waals surface area contributed by atoms with Gasteiger partial charge in [-0.05, 0) is 47.2 Å². The maximum atomic E-state index is 13.3. The standard InChI is InChI=1S/C28H30N4O4S2/c1-28(2,3)21-13-15-23(16-14-21)38(34,35)32-24(17-19-9-6-5-7-10-19)25(33)29-27-31-30-26(37-27)20-11-8-12-22(18-20)36-4/h5-16,18,24,32H,17H2,1-4H3,(H,29,31,33)/t24-/m1/s1. The molecular formula is C28H30N4O4S2. The molecule has 0 unspecified atom stereocenters. The van der Waals surface area contributed by atoms with Gasteiger partial charge in [-0.1, -0.05) is 86.7 Å². The summed E-state index contributed by atoms with van der Waals surface area (Å²) in [5, 5.41) is 11.8. The largest absolute Gasteiger partial charge is 0.497 e. The Labute approximate surface area is 227 Å². The van der Waals surface area contributed by atoms with Gasteiger partial charge in [-0.3, -0.25) is 10.1 Å². The number of carbonyl (C=O) groups excluding carboxylic acids is 1. The van der Waals surface area contributed by atoms with Gasteiger partial charge in [-0.15, -0.1) is 10.2 Å². The van der Waals surface area contributed by atoms with Crippen molar-refractivity contribution < 1.29 is 17.9 Å². The normalized spacial score (nSPS) is 12.6. The van der Waals surface area contributed by atoms with Gasteiger partial charge in [0.05, 0.1) is 12.0 Å². The molecule has 0 aliphatic heterocycles. The number of nitrogens with zero attached hydrogens (tertiary/aromatic N) is 2. The lowest BCUT2D eigenvalue weighted by Crippen LogP contribution is -2.45. The first kappa shape index (κ1) is 27.4. The first-order chi connectivity index (χ1) is 18.0. The van der Waals surface area contributed by atoms with Crippen molar-refractivity contribution in [3.05, 3.63) is 90.0 Å². The summed E-state index contributed by atoms with van der Waals surface area (Å²) in [7, 11) is -2.40. The number of anilines is 1. The minimum atomic E-state index is -3.98. The van der Waals surface area contributed by atoms with E-state index < -0.39 is 22.0 Å². The van der Waals surface area contributed by atoms with E-state index in [1.807, 2.05) is 54.6 Å². The molecular weight excluding hydrogens is 520 g/mol. The van der Waals surface area contributed by atoms with Crippen LogP contribution in [0.5, 0.6) is 5.75 Å². The minimum Gasteiger partial charge on any atom is -0.497 e. The number of sulfonamides is 1. The second-order valence-electron chi connectivity index (χ2n) is 9.77. The summed E-state index contributed by atoms with van der Waals surface area (Å²) in [6, 6.07) is 22.2. The molecule has 1 aromatic heterocycles. The van der Waals surface area contributed by atoms with Crippen LogP contribution in [-0.2, 0) is 26.7 Å². The number of rotatable bonds is 9. The van der Waals surface area contributed by atoms with Crippen LogP contribution in [0.3, 0.4) is 0 Å². The summed E-state index contributed by atoms with van der Waals surface area (Å²) >= 11 is 1.19. The zero-order valence-electron chi connectivity index (χ0n) is 21.6. The van der Waals surface area contributed by atoms with Gasteiger partial charge in [0.2, 0.25) is 21.1 Å². The third-order valence-corrected chi connectivity index (χ3v) is 8.27. The van der Waals surface area contributed by atoms with Gasteiger partial charge in [0, 0.05) is 5.56 Å². The lowest BCUT2D eigenvalue weighted by Gasteiger charge is -2.20. The number of ether oxygens (including phenoxy) is 1. The lowest BCUT2D eigenvalue weighted by atomic mass is 9.87. The maximum Gasteiger partial charge on any atom is 0.244 e. The predicted molar refractivity (Wildman–Crippen MR) is 150 cm³/mol. The van der Waals surface area contributed by atoms with Crippen LogP contribution in [0.15, 0.2) is 83.8 Å². The molecule has 0 aliphatic rings. The highest BCUT2D eigenvalue weighted by Crippen LogP contribution is 2.29. The number of benzene rings is 3. The number of nitrogens with one attached hydrogen (secondary N) is 2. The summed E-state index contributed by atoms with van der Waals surface area (Å²) in [4.78, 5) is 13.4. The van der Waals surface area contributed by atoms with Crippen molar-refractivity contribution in [2.75, 3.05) is 12.4 Å². The minimum absolute atomic E-state index is 0.0904. The molecule has 0 saturated heterocycles. The molecule has 38 heavy (non-hydrogen) atoms. The molecule has 4 rings (SSSR count). The predicted octanol–water partition coefficient (Wildman–Crippen LogP) is 5.04. The Morgan fingerprint density at radius 3 is 2.34 bits per heavy atom. The van der Waals surface area contributed by atoms with Gasteiger partial charge in [0.1, 0.15) is 16.8 Å².